The van der Waals surface area contributed by atoms with Gasteiger partial charge in [0.25, 0.3) is 0 Å². The average Bonchev–Trinajstić information content (AvgIpc) is 2.32. The van der Waals surface area contributed by atoms with Crippen molar-refractivity contribution in [1.29, 1.82) is 0 Å². The van der Waals surface area contributed by atoms with Gasteiger partial charge in [0.1, 0.15) is 0 Å². The third-order valence-electron chi connectivity index (χ3n) is 4.64. The van der Waals surface area contributed by atoms with E-state index in [-0.39, 0.29) is 5.91 Å². The largest absolute Gasteiger partial charge is 0.353 e. The number of amides is 1. The predicted octanol–water partition coefficient (Wildman–Crippen LogP) is 2.46. The van der Waals surface area contributed by atoms with Crippen molar-refractivity contribution in [3.05, 3.63) is 0 Å². The van der Waals surface area contributed by atoms with Crippen LogP contribution in [0.1, 0.15) is 58.8 Å². The van der Waals surface area contributed by atoms with E-state index in [4.69, 9.17) is 0 Å². The van der Waals surface area contributed by atoms with Crippen LogP contribution in [-0.4, -0.2) is 24.5 Å². The molecule has 1 aliphatic heterocycles. The molecule has 1 aliphatic carbocycles. The van der Waals surface area contributed by atoms with E-state index in [9.17, 15) is 4.79 Å². The molecule has 0 spiro atoms. The van der Waals surface area contributed by atoms with Gasteiger partial charge < -0.3 is 10.6 Å². The third kappa shape index (κ3) is 3.98. The first-order valence-electron chi connectivity index (χ1n) is 7.68. The molecule has 4 unspecified atom stereocenters. The smallest absolute Gasteiger partial charge is 0.221 e. The van der Waals surface area contributed by atoms with E-state index in [2.05, 4.69) is 24.5 Å². The molecule has 0 radical (unpaired) electrons. The molecule has 2 rings (SSSR count). The Morgan fingerprint density at radius 2 is 2.06 bits per heavy atom. The van der Waals surface area contributed by atoms with Gasteiger partial charge in [-0.3, -0.25) is 4.79 Å². The van der Waals surface area contributed by atoms with Crippen LogP contribution in [0.2, 0.25) is 0 Å². The van der Waals surface area contributed by atoms with Crippen molar-refractivity contribution < 1.29 is 4.79 Å². The highest BCUT2D eigenvalue weighted by Crippen LogP contribution is 2.24. The zero-order chi connectivity index (χ0) is 13.0. The minimum absolute atomic E-state index is 0.250. The molecule has 1 saturated heterocycles. The molecular formula is C15H28N2O. The van der Waals surface area contributed by atoms with Crippen molar-refractivity contribution in [3.63, 3.8) is 0 Å². The molecule has 2 fully saturated rings. The lowest BCUT2D eigenvalue weighted by atomic mass is 9.86. The van der Waals surface area contributed by atoms with Crippen molar-refractivity contribution >= 4 is 5.91 Å². The third-order valence-corrected chi connectivity index (χ3v) is 4.64. The van der Waals surface area contributed by atoms with Crippen LogP contribution in [0, 0.1) is 11.8 Å². The lowest BCUT2D eigenvalue weighted by Crippen LogP contribution is -2.45. The number of carbonyl (C=O) groups is 1. The van der Waals surface area contributed by atoms with Crippen LogP contribution in [0.3, 0.4) is 0 Å². The predicted molar refractivity (Wildman–Crippen MR) is 74.4 cm³/mol. The first-order valence-corrected chi connectivity index (χ1v) is 7.68. The molecule has 0 aromatic heterocycles. The maximum atomic E-state index is 12.1. The fourth-order valence-electron chi connectivity index (χ4n) is 3.44. The molecule has 0 aromatic rings. The Bertz CT molecular complexity index is 280. The molecule has 0 bridgehead atoms. The monoisotopic (exact) mass is 252 g/mol. The Kier molecular flexibility index (Phi) is 5.04. The molecule has 2 N–H and O–H groups in total. The summed E-state index contributed by atoms with van der Waals surface area (Å²) in [5.74, 6) is 1.66. The van der Waals surface area contributed by atoms with Gasteiger partial charge in [0.2, 0.25) is 5.91 Å². The lowest BCUT2D eigenvalue weighted by molar-refractivity contribution is -0.123. The lowest BCUT2D eigenvalue weighted by Gasteiger charge is -2.31. The van der Waals surface area contributed by atoms with Crippen molar-refractivity contribution in [2.75, 3.05) is 6.54 Å². The van der Waals surface area contributed by atoms with Crippen molar-refractivity contribution in [3.8, 4) is 0 Å². The number of rotatable bonds is 3. The second-order valence-corrected chi connectivity index (χ2v) is 6.42. The van der Waals surface area contributed by atoms with Crippen molar-refractivity contribution in [2.45, 2.75) is 70.9 Å². The van der Waals surface area contributed by atoms with E-state index >= 15 is 0 Å². The number of hydrogen-bond donors (Lipinski definition) is 2. The molecular weight excluding hydrogens is 224 g/mol. The van der Waals surface area contributed by atoms with Crippen LogP contribution in [-0.2, 0) is 4.79 Å². The zero-order valence-electron chi connectivity index (χ0n) is 11.9. The highest BCUT2D eigenvalue weighted by molar-refractivity contribution is 5.77. The maximum Gasteiger partial charge on any atom is 0.221 e. The number of nitrogens with one attached hydrogen (secondary N) is 2. The zero-order valence-corrected chi connectivity index (χ0v) is 11.9. The Balaban J connectivity index is 1.74. The summed E-state index contributed by atoms with van der Waals surface area (Å²) in [6.45, 7) is 5.62. The van der Waals surface area contributed by atoms with Gasteiger partial charge in [-0.1, -0.05) is 26.7 Å². The number of carbonyl (C=O) groups excluding carboxylic acids is 1. The molecule has 3 heteroatoms. The summed E-state index contributed by atoms with van der Waals surface area (Å²) in [5.41, 5.74) is 0. The molecule has 3 nitrogen and oxygen atoms in total. The second kappa shape index (κ2) is 6.55. The average molecular weight is 252 g/mol. The molecule has 18 heavy (non-hydrogen) atoms. The van der Waals surface area contributed by atoms with Crippen LogP contribution in [0.4, 0.5) is 0 Å². The quantitative estimate of drug-likeness (QED) is 0.810. The molecule has 0 aromatic carbocycles. The summed E-state index contributed by atoms with van der Waals surface area (Å²) >= 11 is 0. The van der Waals surface area contributed by atoms with Gasteiger partial charge in [0.15, 0.2) is 0 Å². The standard InChI is InChI=1S/C15H28N2O/c1-11-5-3-7-13(9-11)17-15(18)10-14-12(2)6-4-8-16-14/h11-14,16H,3-10H2,1-2H3,(H,17,18). The second-order valence-electron chi connectivity index (χ2n) is 6.42. The first kappa shape index (κ1) is 13.9. The molecule has 104 valence electrons. The van der Waals surface area contributed by atoms with Crippen LogP contribution in [0.15, 0.2) is 0 Å². The normalized spacial score (nSPS) is 37.2. The van der Waals surface area contributed by atoms with E-state index in [1.807, 2.05) is 0 Å². The Morgan fingerprint density at radius 1 is 1.22 bits per heavy atom. The van der Waals surface area contributed by atoms with E-state index in [0.717, 1.165) is 12.5 Å². The summed E-state index contributed by atoms with van der Waals surface area (Å²) < 4.78 is 0. The topological polar surface area (TPSA) is 41.1 Å². The van der Waals surface area contributed by atoms with Gasteiger partial charge in [-0.25, -0.2) is 0 Å². The minimum atomic E-state index is 0.250. The van der Waals surface area contributed by atoms with E-state index < -0.39 is 0 Å². The highest BCUT2D eigenvalue weighted by atomic mass is 16.1. The molecule has 2 aliphatic rings. The summed E-state index contributed by atoms with van der Waals surface area (Å²) in [5, 5.41) is 6.72. The maximum absolute atomic E-state index is 12.1. The van der Waals surface area contributed by atoms with Gasteiger partial charge in [-0.2, -0.15) is 0 Å². The minimum Gasteiger partial charge on any atom is -0.353 e. The number of piperidine rings is 1. The summed E-state index contributed by atoms with van der Waals surface area (Å²) in [7, 11) is 0. The molecule has 1 heterocycles. The molecule has 1 saturated carbocycles. The molecule has 1 amide bonds. The van der Waals surface area contributed by atoms with Gasteiger partial charge in [0.05, 0.1) is 0 Å². The molecule has 4 atom stereocenters. The fourth-order valence-corrected chi connectivity index (χ4v) is 3.44. The Hall–Kier alpha value is -0.570. The van der Waals surface area contributed by atoms with Gasteiger partial charge in [-0.15, -0.1) is 0 Å². The van der Waals surface area contributed by atoms with Gasteiger partial charge in [-0.05, 0) is 44.1 Å². The van der Waals surface area contributed by atoms with E-state index in [1.54, 1.807) is 0 Å². The van der Waals surface area contributed by atoms with Crippen LogP contribution in [0.25, 0.3) is 0 Å². The summed E-state index contributed by atoms with van der Waals surface area (Å²) in [6.07, 6.45) is 8.10. The highest BCUT2D eigenvalue weighted by Gasteiger charge is 2.25. The SMILES string of the molecule is CC1CCCC(NC(=O)CC2NCCCC2C)C1. The van der Waals surface area contributed by atoms with Crippen molar-refractivity contribution in [2.24, 2.45) is 11.8 Å². The van der Waals surface area contributed by atoms with Gasteiger partial charge in [0, 0.05) is 18.5 Å². The summed E-state index contributed by atoms with van der Waals surface area (Å²) in [6, 6.07) is 0.819. The summed E-state index contributed by atoms with van der Waals surface area (Å²) in [4.78, 5) is 12.1. The van der Waals surface area contributed by atoms with Crippen LogP contribution >= 0.6 is 0 Å². The first-order chi connectivity index (χ1) is 8.65. The van der Waals surface area contributed by atoms with E-state index in [1.165, 1.54) is 38.5 Å². The number of hydrogen-bond acceptors (Lipinski definition) is 2. The van der Waals surface area contributed by atoms with Crippen LogP contribution in [0.5, 0.6) is 0 Å². The van der Waals surface area contributed by atoms with Crippen molar-refractivity contribution in [1.82, 2.24) is 10.6 Å². The Morgan fingerprint density at radius 3 is 2.78 bits per heavy atom. The Labute approximate surface area is 111 Å². The van der Waals surface area contributed by atoms with E-state index in [0.29, 0.717) is 24.4 Å². The fraction of sp³-hybridized carbons (Fsp3) is 0.933. The van der Waals surface area contributed by atoms with Gasteiger partial charge >= 0.3 is 0 Å². The van der Waals surface area contributed by atoms with Crippen LogP contribution < -0.4 is 10.6 Å².